The standard InChI is InChI=1S/C22H13Cl3N2O4S/c23-12-2-1-3-14(8-12)26-20(28)11-27-21(29)19(32-22(27)30)10-15-5-7-18(31-15)16-9-13(24)4-6-17(16)25/h1-10H,11H2,(H,26,28)/b19-10+. The summed E-state index contributed by atoms with van der Waals surface area (Å²) in [5.41, 5.74) is 1.07. The van der Waals surface area contributed by atoms with E-state index in [1.54, 1.807) is 54.6 Å². The molecule has 0 radical (unpaired) electrons. The molecule has 1 fully saturated rings. The van der Waals surface area contributed by atoms with Gasteiger partial charge in [0.25, 0.3) is 11.1 Å². The molecule has 3 aromatic rings. The Morgan fingerprint density at radius 2 is 1.81 bits per heavy atom. The van der Waals surface area contributed by atoms with E-state index in [9.17, 15) is 14.4 Å². The first-order valence-electron chi connectivity index (χ1n) is 9.16. The molecule has 10 heteroatoms. The lowest BCUT2D eigenvalue weighted by Crippen LogP contribution is -2.36. The van der Waals surface area contributed by atoms with Crippen molar-refractivity contribution in [3.8, 4) is 11.3 Å². The molecule has 0 spiro atoms. The SMILES string of the molecule is O=C(CN1C(=O)S/C(=C/c2ccc(-c3cc(Cl)ccc3Cl)o2)C1=O)Nc1cccc(Cl)c1. The Bertz CT molecular complexity index is 1270. The predicted octanol–water partition coefficient (Wildman–Crippen LogP) is 6.58. The van der Waals surface area contributed by atoms with Gasteiger partial charge in [0.1, 0.15) is 18.1 Å². The van der Waals surface area contributed by atoms with Crippen molar-refractivity contribution in [1.29, 1.82) is 0 Å². The number of nitrogens with zero attached hydrogens (tertiary/aromatic N) is 1. The van der Waals surface area contributed by atoms with Gasteiger partial charge in [-0.3, -0.25) is 19.3 Å². The number of carbonyl (C=O) groups excluding carboxylic acids is 3. The Morgan fingerprint density at radius 3 is 2.59 bits per heavy atom. The highest BCUT2D eigenvalue weighted by atomic mass is 35.5. The van der Waals surface area contributed by atoms with E-state index < -0.39 is 23.6 Å². The second kappa shape index (κ2) is 9.42. The van der Waals surface area contributed by atoms with Crippen LogP contribution in [0.25, 0.3) is 17.4 Å². The van der Waals surface area contributed by atoms with E-state index in [0.717, 1.165) is 16.7 Å². The van der Waals surface area contributed by atoms with Crippen molar-refractivity contribution in [2.45, 2.75) is 0 Å². The molecule has 4 rings (SSSR count). The van der Waals surface area contributed by atoms with Gasteiger partial charge in [0.05, 0.1) is 9.93 Å². The third-order valence-corrected chi connectivity index (χ3v) is 6.08. The molecule has 32 heavy (non-hydrogen) atoms. The Kier molecular flexibility index (Phi) is 6.62. The van der Waals surface area contributed by atoms with Crippen LogP contribution in [0, 0.1) is 0 Å². The molecule has 0 bridgehead atoms. The molecular formula is C22H13Cl3N2O4S. The summed E-state index contributed by atoms with van der Waals surface area (Å²) in [6.45, 7) is -0.421. The van der Waals surface area contributed by atoms with Crippen molar-refractivity contribution in [2.24, 2.45) is 0 Å². The van der Waals surface area contributed by atoms with Gasteiger partial charge in [-0.1, -0.05) is 40.9 Å². The lowest BCUT2D eigenvalue weighted by Gasteiger charge is -2.12. The van der Waals surface area contributed by atoms with Crippen LogP contribution in [0.5, 0.6) is 0 Å². The summed E-state index contributed by atoms with van der Waals surface area (Å²) < 4.78 is 5.75. The van der Waals surface area contributed by atoms with Gasteiger partial charge in [0.15, 0.2) is 0 Å². The van der Waals surface area contributed by atoms with Crippen molar-refractivity contribution in [1.82, 2.24) is 4.90 Å². The van der Waals surface area contributed by atoms with Crippen LogP contribution in [0.15, 0.2) is 63.9 Å². The van der Waals surface area contributed by atoms with Gasteiger partial charge >= 0.3 is 0 Å². The highest BCUT2D eigenvalue weighted by molar-refractivity contribution is 8.18. The maximum absolute atomic E-state index is 12.7. The fraction of sp³-hybridized carbons (Fsp3) is 0.0455. The zero-order chi connectivity index (χ0) is 22.8. The Balaban J connectivity index is 1.47. The summed E-state index contributed by atoms with van der Waals surface area (Å²) in [4.78, 5) is 38.3. The Morgan fingerprint density at radius 1 is 1.03 bits per heavy atom. The van der Waals surface area contributed by atoms with Crippen molar-refractivity contribution in [3.05, 3.63) is 80.3 Å². The number of benzene rings is 2. The van der Waals surface area contributed by atoms with E-state index in [4.69, 9.17) is 39.2 Å². The predicted molar refractivity (Wildman–Crippen MR) is 127 cm³/mol. The van der Waals surface area contributed by atoms with Gasteiger partial charge in [-0.15, -0.1) is 0 Å². The van der Waals surface area contributed by atoms with Crippen molar-refractivity contribution in [2.75, 3.05) is 11.9 Å². The fourth-order valence-corrected chi connectivity index (χ4v) is 4.33. The first kappa shape index (κ1) is 22.5. The summed E-state index contributed by atoms with van der Waals surface area (Å²) in [6, 6.07) is 14.9. The monoisotopic (exact) mass is 506 g/mol. The Hall–Kier alpha value is -2.71. The zero-order valence-electron chi connectivity index (χ0n) is 16.1. The molecule has 0 atom stereocenters. The normalized spacial score (nSPS) is 15.0. The first-order valence-corrected chi connectivity index (χ1v) is 11.1. The molecule has 0 aliphatic carbocycles. The minimum absolute atomic E-state index is 0.142. The number of thioether (sulfide) groups is 1. The number of rotatable bonds is 5. The van der Waals surface area contributed by atoms with Crippen LogP contribution in [0.4, 0.5) is 10.5 Å². The maximum atomic E-state index is 12.7. The molecule has 6 nitrogen and oxygen atoms in total. The van der Waals surface area contributed by atoms with Gasteiger partial charge in [0, 0.05) is 27.4 Å². The van der Waals surface area contributed by atoms with Gasteiger partial charge < -0.3 is 9.73 Å². The van der Waals surface area contributed by atoms with Crippen molar-refractivity contribution < 1.29 is 18.8 Å². The molecule has 2 heterocycles. The van der Waals surface area contributed by atoms with Crippen LogP contribution in [0.2, 0.25) is 15.1 Å². The number of hydrogen-bond donors (Lipinski definition) is 1. The van der Waals surface area contributed by atoms with E-state index in [1.807, 2.05) is 0 Å². The molecular weight excluding hydrogens is 495 g/mol. The number of amides is 3. The van der Waals surface area contributed by atoms with Gasteiger partial charge in [-0.05, 0) is 60.3 Å². The fourth-order valence-electron chi connectivity index (χ4n) is 2.94. The van der Waals surface area contributed by atoms with Crippen LogP contribution in [0.1, 0.15) is 5.76 Å². The van der Waals surface area contributed by atoms with Crippen molar-refractivity contribution >= 4 is 75.4 Å². The van der Waals surface area contributed by atoms with Gasteiger partial charge in [-0.2, -0.15) is 0 Å². The molecule has 1 aliphatic heterocycles. The molecule has 1 saturated heterocycles. The van der Waals surface area contributed by atoms with Crippen LogP contribution < -0.4 is 5.32 Å². The lowest BCUT2D eigenvalue weighted by molar-refractivity contribution is -0.127. The summed E-state index contributed by atoms with van der Waals surface area (Å²) in [5, 5.41) is 3.47. The largest absolute Gasteiger partial charge is 0.457 e. The van der Waals surface area contributed by atoms with Crippen LogP contribution in [-0.2, 0) is 9.59 Å². The molecule has 1 aromatic heterocycles. The molecule has 0 saturated carbocycles. The third kappa shape index (κ3) is 5.02. The molecule has 3 amide bonds. The van der Waals surface area contributed by atoms with E-state index >= 15 is 0 Å². The number of furan rings is 1. The first-order chi connectivity index (χ1) is 15.3. The van der Waals surface area contributed by atoms with Crippen molar-refractivity contribution in [3.63, 3.8) is 0 Å². The molecule has 2 aromatic carbocycles. The quantitative estimate of drug-likeness (QED) is 0.395. The number of carbonyl (C=O) groups is 3. The zero-order valence-corrected chi connectivity index (χ0v) is 19.2. The number of nitrogens with one attached hydrogen (secondary N) is 1. The summed E-state index contributed by atoms with van der Waals surface area (Å²) >= 11 is 18.8. The number of anilines is 1. The third-order valence-electron chi connectivity index (χ3n) is 4.38. The average Bonchev–Trinajstić information content (AvgIpc) is 3.30. The summed E-state index contributed by atoms with van der Waals surface area (Å²) in [5.74, 6) is -0.291. The second-order valence-corrected chi connectivity index (χ2v) is 8.93. The molecule has 0 unspecified atom stereocenters. The van der Waals surface area contributed by atoms with Gasteiger partial charge in [-0.25, -0.2) is 0 Å². The van der Waals surface area contributed by atoms with E-state index in [0.29, 0.717) is 37.8 Å². The minimum atomic E-state index is -0.583. The van der Waals surface area contributed by atoms with E-state index in [2.05, 4.69) is 5.32 Å². The van der Waals surface area contributed by atoms with Crippen LogP contribution >= 0.6 is 46.6 Å². The second-order valence-electron chi connectivity index (χ2n) is 6.65. The topological polar surface area (TPSA) is 79.6 Å². The van der Waals surface area contributed by atoms with Gasteiger partial charge in [0.2, 0.25) is 5.91 Å². The highest BCUT2D eigenvalue weighted by Gasteiger charge is 2.36. The highest BCUT2D eigenvalue weighted by Crippen LogP contribution is 2.35. The smallest absolute Gasteiger partial charge is 0.294 e. The molecule has 1 N–H and O–H groups in total. The summed E-state index contributed by atoms with van der Waals surface area (Å²) in [7, 11) is 0. The molecule has 1 aliphatic rings. The molecule has 162 valence electrons. The minimum Gasteiger partial charge on any atom is -0.457 e. The lowest BCUT2D eigenvalue weighted by atomic mass is 10.2. The number of halogens is 3. The average molecular weight is 508 g/mol. The number of hydrogen-bond acceptors (Lipinski definition) is 5. The maximum Gasteiger partial charge on any atom is 0.294 e. The van der Waals surface area contributed by atoms with Crippen LogP contribution in [0.3, 0.4) is 0 Å². The van der Waals surface area contributed by atoms with Crippen LogP contribution in [-0.4, -0.2) is 28.5 Å². The van der Waals surface area contributed by atoms with E-state index in [1.165, 1.54) is 6.08 Å². The Labute approximate surface area is 202 Å². The summed E-state index contributed by atoms with van der Waals surface area (Å²) in [6.07, 6.45) is 1.45. The van der Waals surface area contributed by atoms with E-state index in [-0.39, 0.29) is 4.91 Å². The number of imide groups is 1.